The van der Waals surface area contributed by atoms with Crippen LogP contribution in [0.4, 0.5) is 17.1 Å². The van der Waals surface area contributed by atoms with Gasteiger partial charge in [0.1, 0.15) is 22.3 Å². The molecule has 3 nitrogen and oxygen atoms in total. The molecule has 0 aliphatic rings. The summed E-state index contributed by atoms with van der Waals surface area (Å²) in [6.07, 6.45) is 0. The molecule has 11 rings (SSSR count). The number of hydrogen-bond acceptors (Lipinski definition) is 3. The summed E-state index contributed by atoms with van der Waals surface area (Å²) in [5.41, 5.74) is 13.6. The van der Waals surface area contributed by atoms with Crippen LogP contribution in [0.15, 0.2) is 209 Å². The van der Waals surface area contributed by atoms with Crippen LogP contribution in [0.2, 0.25) is 0 Å². The Hall–Kier alpha value is -7.36. The molecule has 0 spiro atoms. The highest BCUT2D eigenvalue weighted by Crippen LogP contribution is 2.46. The SMILES string of the molecule is c1cc(-c2ccc(N(c3ccccc3-c3ccc4oc5ccccc5c4c3)c3cccc4oc5ccccc5c34)cc2)cc(-c2ccc3ccccc3c2)c1. The van der Waals surface area contributed by atoms with Crippen LogP contribution in [0.3, 0.4) is 0 Å². The molecule has 55 heavy (non-hydrogen) atoms. The number of para-hydroxylation sites is 3. The van der Waals surface area contributed by atoms with E-state index in [9.17, 15) is 0 Å². The first kappa shape index (κ1) is 31.2. The minimum absolute atomic E-state index is 0.856. The number of benzene rings is 9. The molecule has 0 amide bonds. The van der Waals surface area contributed by atoms with Gasteiger partial charge in [-0.1, -0.05) is 133 Å². The summed E-state index contributed by atoms with van der Waals surface area (Å²) in [6.45, 7) is 0. The van der Waals surface area contributed by atoms with E-state index < -0.39 is 0 Å². The van der Waals surface area contributed by atoms with Crippen molar-refractivity contribution in [3.63, 3.8) is 0 Å². The van der Waals surface area contributed by atoms with E-state index in [0.717, 1.165) is 77.6 Å². The Bertz CT molecular complexity index is 3220. The van der Waals surface area contributed by atoms with Crippen LogP contribution in [-0.2, 0) is 0 Å². The molecule has 0 unspecified atom stereocenters. The highest BCUT2D eigenvalue weighted by molar-refractivity contribution is 6.14. The van der Waals surface area contributed by atoms with Crippen molar-refractivity contribution in [1.82, 2.24) is 0 Å². The molecule has 3 heteroatoms. The van der Waals surface area contributed by atoms with Gasteiger partial charge in [0.15, 0.2) is 0 Å². The summed E-state index contributed by atoms with van der Waals surface area (Å²) in [7, 11) is 0. The summed E-state index contributed by atoms with van der Waals surface area (Å²) in [4.78, 5) is 2.38. The molecule has 0 bridgehead atoms. The number of fused-ring (bicyclic) bond motifs is 7. The van der Waals surface area contributed by atoms with Gasteiger partial charge in [0, 0.05) is 27.4 Å². The van der Waals surface area contributed by atoms with Gasteiger partial charge in [-0.2, -0.15) is 0 Å². The second kappa shape index (κ2) is 12.6. The molecule has 0 N–H and O–H groups in total. The van der Waals surface area contributed by atoms with Crippen molar-refractivity contribution in [2.24, 2.45) is 0 Å². The Morgan fingerprint density at radius 2 is 0.891 bits per heavy atom. The zero-order chi connectivity index (χ0) is 36.3. The molecule has 9 aromatic carbocycles. The third kappa shape index (κ3) is 5.28. The Morgan fingerprint density at radius 1 is 0.309 bits per heavy atom. The number of anilines is 3. The van der Waals surface area contributed by atoms with Crippen LogP contribution in [0, 0.1) is 0 Å². The normalized spacial score (nSPS) is 11.6. The molecule has 11 aromatic rings. The van der Waals surface area contributed by atoms with Crippen molar-refractivity contribution in [2.75, 3.05) is 4.90 Å². The summed E-state index contributed by atoms with van der Waals surface area (Å²) in [5.74, 6) is 0. The smallest absolute Gasteiger partial charge is 0.137 e. The predicted octanol–water partition coefficient (Wildman–Crippen LogP) is 15.1. The van der Waals surface area contributed by atoms with Gasteiger partial charge in [0.25, 0.3) is 0 Å². The lowest BCUT2D eigenvalue weighted by atomic mass is 9.96. The maximum Gasteiger partial charge on any atom is 0.137 e. The van der Waals surface area contributed by atoms with Crippen LogP contribution in [0.5, 0.6) is 0 Å². The average molecular weight is 704 g/mol. The topological polar surface area (TPSA) is 29.5 Å². The van der Waals surface area contributed by atoms with Gasteiger partial charge >= 0.3 is 0 Å². The van der Waals surface area contributed by atoms with E-state index in [2.05, 4.69) is 181 Å². The maximum absolute atomic E-state index is 6.42. The fourth-order valence-electron chi connectivity index (χ4n) is 8.21. The molecule has 0 saturated carbocycles. The van der Waals surface area contributed by atoms with E-state index >= 15 is 0 Å². The van der Waals surface area contributed by atoms with Gasteiger partial charge in [0.05, 0.1) is 16.8 Å². The van der Waals surface area contributed by atoms with Crippen LogP contribution in [-0.4, -0.2) is 0 Å². The van der Waals surface area contributed by atoms with Crippen molar-refractivity contribution < 1.29 is 8.83 Å². The maximum atomic E-state index is 6.42. The third-order valence-electron chi connectivity index (χ3n) is 10.9. The van der Waals surface area contributed by atoms with E-state index in [1.165, 1.54) is 27.5 Å². The Balaban J connectivity index is 1.07. The fraction of sp³-hybridized carbons (Fsp3) is 0. The number of nitrogens with zero attached hydrogens (tertiary/aromatic N) is 1. The molecule has 0 fully saturated rings. The van der Waals surface area contributed by atoms with Gasteiger partial charge in [-0.15, -0.1) is 0 Å². The van der Waals surface area contributed by atoms with E-state index in [4.69, 9.17) is 8.83 Å². The lowest BCUT2D eigenvalue weighted by molar-refractivity contribution is 0.668. The lowest BCUT2D eigenvalue weighted by Gasteiger charge is -2.28. The van der Waals surface area contributed by atoms with Crippen molar-refractivity contribution in [1.29, 1.82) is 0 Å². The first-order valence-electron chi connectivity index (χ1n) is 18.7. The molecule has 0 radical (unpaired) electrons. The minimum atomic E-state index is 0.856. The van der Waals surface area contributed by atoms with Gasteiger partial charge in [0.2, 0.25) is 0 Å². The Kier molecular flexibility index (Phi) is 7.17. The molecule has 258 valence electrons. The van der Waals surface area contributed by atoms with Gasteiger partial charge in [-0.05, 0) is 105 Å². The van der Waals surface area contributed by atoms with Crippen molar-refractivity contribution in [3.8, 4) is 33.4 Å². The highest BCUT2D eigenvalue weighted by Gasteiger charge is 2.22. The monoisotopic (exact) mass is 703 g/mol. The minimum Gasteiger partial charge on any atom is -0.456 e. The predicted molar refractivity (Wildman–Crippen MR) is 229 cm³/mol. The molecule has 0 atom stereocenters. The molecule has 0 saturated heterocycles. The number of furan rings is 2. The fourth-order valence-corrected chi connectivity index (χ4v) is 8.21. The molecule has 2 aromatic heterocycles. The summed E-state index contributed by atoms with van der Waals surface area (Å²) in [5, 5.41) is 6.88. The number of hydrogen-bond donors (Lipinski definition) is 0. The van der Waals surface area contributed by atoms with Gasteiger partial charge in [-0.25, -0.2) is 0 Å². The van der Waals surface area contributed by atoms with Crippen molar-refractivity contribution in [2.45, 2.75) is 0 Å². The molecule has 0 aliphatic carbocycles. The largest absolute Gasteiger partial charge is 0.456 e. The highest BCUT2D eigenvalue weighted by atomic mass is 16.3. The molecule has 2 heterocycles. The zero-order valence-corrected chi connectivity index (χ0v) is 29.8. The van der Waals surface area contributed by atoms with Gasteiger partial charge in [-0.3, -0.25) is 0 Å². The standard InChI is InChI=1S/C52H33NO2/c1-2-12-36-32-39(24-23-34(36)11-1)38-14-9-13-37(31-38)35-25-28-41(29-26-35)53(47-19-10-22-51-52(47)44-17-5-8-21-49(44)55-51)46-18-6-3-15-42(46)40-27-30-50-45(33-40)43-16-4-7-20-48(43)54-50/h1-33H. The van der Waals surface area contributed by atoms with Crippen LogP contribution in [0.1, 0.15) is 0 Å². The lowest BCUT2D eigenvalue weighted by Crippen LogP contribution is -2.11. The van der Waals surface area contributed by atoms with Crippen molar-refractivity contribution >= 4 is 71.7 Å². The molecular weight excluding hydrogens is 671 g/mol. The average Bonchev–Trinajstić information content (AvgIpc) is 3.83. The Morgan fingerprint density at radius 3 is 1.76 bits per heavy atom. The first-order chi connectivity index (χ1) is 27.2. The van der Waals surface area contributed by atoms with E-state index in [0.29, 0.717) is 0 Å². The summed E-state index contributed by atoms with van der Waals surface area (Å²) >= 11 is 0. The van der Waals surface area contributed by atoms with Crippen molar-refractivity contribution in [3.05, 3.63) is 200 Å². The quantitative estimate of drug-likeness (QED) is 0.173. The molecular formula is C52H33NO2. The zero-order valence-electron chi connectivity index (χ0n) is 29.8. The van der Waals surface area contributed by atoms with E-state index in [1.807, 2.05) is 24.3 Å². The summed E-state index contributed by atoms with van der Waals surface area (Å²) < 4.78 is 12.6. The van der Waals surface area contributed by atoms with Crippen LogP contribution < -0.4 is 4.90 Å². The van der Waals surface area contributed by atoms with E-state index in [-0.39, 0.29) is 0 Å². The second-order valence-electron chi connectivity index (χ2n) is 14.1. The van der Waals surface area contributed by atoms with Crippen LogP contribution >= 0.6 is 0 Å². The number of rotatable bonds is 6. The first-order valence-corrected chi connectivity index (χ1v) is 18.7. The van der Waals surface area contributed by atoms with Gasteiger partial charge < -0.3 is 13.7 Å². The molecule has 0 aliphatic heterocycles. The Labute approximate surface area is 317 Å². The second-order valence-corrected chi connectivity index (χ2v) is 14.1. The third-order valence-corrected chi connectivity index (χ3v) is 10.9. The summed E-state index contributed by atoms with van der Waals surface area (Å²) in [6, 6.07) is 71.1. The van der Waals surface area contributed by atoms with E-state index in [1.54, 1.807) is 0 Å². The van der Waals surface area contributed by atoms with Crippen LogP contribution in [0.25, 0.3) is 88.0 Å².